The van der Waals surface area contributed by atoms with Gasteiger partial charge in [0.25, 0.3) is 0 Å². The van der Waals surface area contributed by atoms with Gasteiger partial charge in [-0.25, -0.2) is 17.5 Å². The fraction of sp³-hybridized carbons (Fsp3) is 0.562. The fourth-order valence-corrected chi connectivity index (χ4v) is 4.27. The number of aromatic nitrogens is 1. The van der Waals surface area contributed by atoms with Gasteiger partial charge in [-0.3, -0.25) is 9.78 Å². The van der Waals surface area contributed by atoms with Gasteiger partial charge in [0.15, 0.2) is 0 Å². The smallest absolute Gasteiger partial charge is 0.475 e. The molecule has 12 heteroatoms. The van der Waals surface area contributed by atoms with E-state index in [2.05, 4.69) is 4.98 Å². The lowest BCUT2D eigenvalue weighted by Crippen LogP contribution is -2.49. The van der Waals surface area contributed by atoms with Crippen molar-refractivity contribution < 1.29 is 36.3 Å². The number of hydrogen-bond acceptors (Lipinski definition) is 5. The highest BCUT2D eigenvalue weighted by Crippen LogP contribution is 2.42. The van der Waals surface area contributed by atoms with Gasteiger partial charge in [-0.1, -0.05) is 0 Å². The van der Waals surface area contributed by atoms with Gasteiger partial charge in [0, 0.05) is 25.8 Å². The third-order valence-electron chi connectivity index (χ3n) is 4.72. The van der Waals surface area contributed by atoms with Crippen LogP contribution in [0.15, 0.2) is 24.5 Å². The largest absolute Gasteiger partial charge is 0.490 e. The monoisotopic (exact) mass is 423 g/mol. The van der Waals surface area contributed by atoms with Crippen LogP contribution in [0.5, 0.6) is 0 Å². The van der Waals surface area contributed by atoms with E-state index in [-0.39, 0.29) is 5.91 Å². The molecule has 1 N–H and O–H groups in total. The Balaban J connectivity index is 0.000000345. The zero-order chi connectivity index (χ0) is 21.2. The molecule has 156 valence electrons. The summed E-state index contributed by atoms with van der Waals surface area (Å²) in [7, 11) is -3.24. The summed E-state index contributed by atoms with van der Waals surface area (Å²) in [5, 5.41) is 7.12. The molecule has 2 fully saturated rings. The normalized spacial score (nSPS) is 23.4. The highest BCUT2D eigenvalue weighted by atomic mass is 32.2. The molecule has 0 saturated carbocycles. The maximum atomic E-state index is 12.8. The number of carbonyl (C=O) groups is 2. The summed E-state index contributed by atoms with van der Waals surface area (Å²) in [6.45, 7) is 1.45. The molecular weight excluding hydrogens is 403 g/mol. The third-order valence-corrected chi connectivity index (χ3v) is 5.97. The number of hydrogen-bond donors (Lipinski definition) is 1. The minimum absolute atomic E-state index is 0.0313. The molecule has 1 atom stereocenters. The van der Waals surface area contributed by atoms with Gasteiger partial charge in [0.05, 0.1) is 23.6 Å². The highest BCUT2D eigenvalue weighted by molar-refractivity contribution is 7.88. The third kappa shape index (κ3) is 4.98. The van der Waals surface area contributed by atoms with E-state index in [9.17, 15) is 26.4 Å². The summed E-state index contributed by atoms with van der Waals surface area (Å²) in [5.41, 5.74) is 0.229. The van der Waals surface area contributed by atoms with Crippen molar-refractivity contribution in [3.8, 4) is 0 Å². The standard InChI is InChI=1S/C14H19N3O3S.C2HF3O2/c1-21(19,20)16-8-3-5-14(11-16)6-9-17(13(14)18)12-4-2-7-15-10-12;3-2(4,5)1(6)7/h2,4,7,10H,3,5-6,8-9,11H2,1H3;(H,6,7). The topological polar surface area (TPSA) is 108 Å². The maximum Gasteiger partial charge on any atom is 0.490 e. The number of nitrogens with zero attached hydrogens (tertiary/aromatic N) is 3. The predicted octanol–water partition coefficient (Wildman–Crippen LogP) is 1.49. The molecule has 0 radical (unpaired) electrons. The molecule has 28 heavy (non-hydrogen) atoms. The Kier molecular flexibility index (Phi) is 6.34. The SMILES string of the molecule is CS(=O)(=O)N1CCCC2(CCN(c3cccnc3)C2=O)C1.O=C(O)C(F)(F)F. The van der Waals surface area contributed by atoms with E-state index in [1.54, 1.807) is 23.4 Å². The number of halogens is 3. The maximum absolute atomic E-state index is 12.8. The molecule has 2 aliphatic rings. The first-order chi connectivity index (χ1) is 12.9. The molecule has 2 saturated heterocycles. The molecule has 3 heterocycles. The average Bonchev–Trinajstić information content (AvgIpc) is 2.91. The van der Waals surface area contributed by atoms with Gasteiger partial charge < -0.3 is 10.0 Å². The van der Waals surface area contributed by atoms with Crippen LogP contribution in [0.4, 0.5) is 18.9 Å². The quantitative estimate of drug-likeness (QED) is 0.772. The summed E-state index contributed by atoms with van der Waals surface area (Å²) in [6, 6.07) is 3.67. The van der Waals surface area contributed by atoms with Crippen LogP contribution in [0.3, 0.4) is 0 Å². The summed E-state index contributed by atoms with van der Waals surface area (Å²) < 4.78 is 56.7. The Morgan fingerprint density at radius 2 is 1.93 bits per heavy atom. The second-order valence-electron chi connectivity index (χ2n) is 6.70. The molecular formula is C16H20F3N3O5S. The Bertz CT molecular complexity index is 832. The van der Waals surface area contributed by atoms with E-state index >= 15 is 0 Å². The number of sulfonamides is 1. The molecule has 0 aliphatic carbocycles. The number of carboxylic acids is 1. The first-order valence-corrected chi connectivity index (χ1v) is 10.2. The van der Waals surface area contributed by atoms with E-state index in [4.69, 9.17) is 9.90 Å². The summed E-state index contributed by atoms with van der Waals surface area (Å²) >= 11 is 0. The fourth-order valence-electron chi connectivity index (χ4n) is 3.33. The van der Waals surface area contributed by atoms with Gasteiger partial charge >= 0.3 is 12.1 Å². The van der Waals surface area contributed by atoms with Crippen molar-refractivity contribution in [1.82, 2.24) is 9.29 Å². The summed E-state index contributed by atoms with van der Waals surface area (Å²) in [5.74, 6) is -2.73. The summed E-state index contributed by atoms with van der Waals surface area (Å²) in [4.78, 5) is 27.5. The van der Waals surface area contributed by atoms with Gasteiger partial charge in [0.1, 0.15) is 0 Å². The van der Waals surface area contributed by atoms with Gasteiger partial charge in [-0.05, 0) is 31.4 Å². The van der Waals surface area contributed by atoms with E-state index in [1.165, 1.54) is 10.6 Å². The molecule has 1 aromatic rings. The van der Waals surface area contributed by atoms with Crippen molar-refractivity contribution in [3.63, 3.8) is 0 Å². The number of rotatable bonds is 2. The second kappa shape index (κ2) is 8.03. The number of aliphatic carboxylic acids is 1. The van der Waals surface area contributed by atoms with Crippen molar-refractivity contribution in [1.29, 1.82) is 0 Å². The van der Waals surface area contributed by atoms with Crippen LogP contribution in [-0.2, 0) is 19.6 Å². The van der Waals surface area contributed by atoms with Crippen LogP contribution in [0.1, 0.15) is 19.3 Å². The Labute approximate surface area is 160 Å². The number of anilines is 1. The van der Waals surface area contributed by atoms with E-state index in [1.807, 2.05) is 6.07 Å². The first kappa shape index (κ1) is 22.1. The molecule has 1 aromatic heterocycles. The number of pyridine rings is 1. The zero-order valence-electron chi connectivity index (χ0n) is 15.0. The van der Waals surface area contributed by atoms with E-state index in [0.29, 0.717) is 26.1 Å². The Morgan fingerprint density at radius 3 is 2.43 bits per heavy atom. The van der Waals surface area contributed by atoms with Crippen molar-refractivity contribution in [3.05, 3.63) is 24.5 Å². The second-order valence-corrected chi connectivity index (χ2v) is 8.68. The number of carboxylic acid groups (broad SMARTS) is 1. The average molecular weight is 423 g/mol. The van der Waals surface area contributed by atoms with E-state index < -0.39 is 27.6 Å². The molecule has 1 unspecified atom stereocenters. The molecule has 1 spiro atoms. The lowest BCUT2D eigenvalue weighted by molar-refractivity contribution is -0.192. The van der Waals surface area contributed by atoms with Crippen molar-refractivity contribution in [2.24, 2.45) is 5.41 Å². The number of amides is 1. The summed E-state index contributed by atoms with van der Waals surface area (Å²) in [6.07, 6.45) is 1.67. The molecule has 1 amide bonds. The van der Waals surface area contributed by atoms with Crippen LogP contribution in [0.2, 0.25) is 0 Å². The minimum atomic E-state index is -5.08. The van der Waals surface area contributed by atoms with Crippen LogP contribution >= 0.6 is 0 Å². The minimum Gasteiger partial charge on any atom is -0.475 e. The molecule has 3 rings (SSSR count). The Hall–Kier alpha value is -2.21. The number of piperidine rings is 1. The zero-order valence-corrected chi connectivity index (χ0v) is 15.8. The molecule has 2 aliphatic heterocycles. The van der Waals surface area contributed by atoms with Crippen molar-refractivity contribution in [2.45, 2.75) is 25.4 Å². The van der Waals surface area contributed by atoms with Crippen molar-refractivity contribution in [2.75, 3.05) is 30.8 Å². The van der Waals surface area contributed by atoms with Gasteiger partial charge in [-0.15, -0.1) is 0 Å². The lowest BCUT2D eigenvalue weighted by Gasteiger charge is -2.37. The van der Waals surface area contributed by atoms with E-state index in [0.717, 1.165) is 18.5 Å². The van der Waals surface area contributed by atoms with Crippen molar-refractivity contribution >= 4 is 27.6 Å². The van der Waals surface area contributed by atoms with Gasteiger partial charge in [-0.2, -0.15) is 13.2 Å². The van der Waals surface area contributed by atoms with Crippen LogP contribution in [0, 0.1) is 5.41 Å². The number of alkyl halides is 3. The molecule has 8 nitrogen and oxygen atoms in total. The van der Waals surface area contributed by atoms with Gasteiger partial charge in [0.2, 0.25) is 15.9 Å². The van der Waals surface area contributed by atoms with Crippen LogP contribution in [0.25, 0.3) is 0 Å². The molecule has 0 bridgehead atoms. The highest BCUT2D eigenvalue weighted by Gasteiger charge is 2.50. The first-order valence-electron chi connectivity index (χ1n) is 8.34. The Morgan fingerprint density at radius 1 is 1.29 bits per heavy atom. The molecule has 0 aromatic carbocycles. The van der Waals surface area contributed by atoms with Crippen LogP contribution < -0.4 is 4.90 Å². The predicted molar refractivity (Wildman–Crippen MR) is 93.0 cm³/mol. The lowest BCUT2D eigenvalue weighted by atomic mass is 9.79. The van der Waals surface area contributed by atoms with Crippen LogP contribution in [-0.4, -0.2) is 66.8 Å². The number of carbonyl (C=O) groups excluding carboxylic acids is 1.